The van der Waals surface area contributed by atoms with Crippen LogP contribution in [0.2, 0.25) is 0 Å². The molecule has 3 heterocycles. The monoisotopic (exact) mass is 279 g/mol. The highest BCUT2D eigenvalue weighted by atomic mass is 32.1. The van der Waals surface area contributed by atoms with Crippen molar-refractivity contribution in [2.24, 2.45) is 0 Å². The minimum Gasteiger partial charge on any atom is -0.339 e. The van der Waals surface area contributed by atoms with E-state index in [0.717, 1.165) is 48.3 Å². The predicted molar refractivity (Wildman–Crippen MR) is 74.3 cm³/mol. The number of anilines is 1. The summed E-state index contributed by atoms with van der Waals surface area (Å²) in [5.74, 6) is 1.54. The van der Waals surface area contributed by atoms with E-state index >= 15 is 0 Å². The van der Waals surface area contributed by atoms with Gasteiger partial charge in [0.05, 0.1) is 5.69 Å². The van der Waals surface area contributed by atoms with Gasteiger partial charge in [0.25, 0.3) is 0 Å². The lowest BCUT2D eigenvalue weighted by Gasteiger charge is -2.30. The Bertz CT molecular complexity index is 541. The van der Waals surface area contributed by atoms with Crippen molar-refractivity contribution in [3.63, 3.8) is 0 Å². The van der Waals surface area contributed by atoms with Crippen molar-refractivity contribution in [2.45, 2.75) is 25.8 Å². The smallest absolute Gasteiger partial charge is 0.245 e. The molecule has 1 aliphatic rings. The molecule has 3 rings (SSSR count). The zero-order valence-electron chi connectivity index (χ0n) is 11.1. The van der Waals surface area contributed by atoms with E-state index in [1.165, 1.54) is 11.5 Å². The molecule has 19 heavy (non-hydrogen) atoms. The Morgan fingerprint density at radius 3 is 2.79 bits per heavy atom. The lowest BCUT2D eigenvalue weighted by molar-refractivity contribution is 0.439. The first-order chi connectivity index (χ1) is 9.28. The molecular weight excluding hydrogens is 262 g/mol. The van der Waals surface area contributed by atoms with E-state index in [-0.39, 0.29) is 0 Å². The third-order valence-electron chi connectivity index (χ3n) is 3.53. The summed E-state index contributed by atoms with van der Waals surface area (Å²) in [5, 5.41) is 14.6. The van der Waals surface area contributed by atoms with Crippen LogP contribution in [0.5, 0.6) is 0 Å². The molecule has 102 valence electrons. The first kappa shape index (κ1) is 12.5. The van der Waals surface area contributed by atoms with E-state index < -0.39 is 0 Å². The van der Waals surface area contributed by atoms with Crippen LogP contribution in [-0.2, 0) is 0 Å². The van der Waals surface area contributed by atoms with Gasteiger partial charge in [0.1, 0.15) is 4.88 Å². The molecule has 2 aromatic heterocycles. The SMILES string of the molecule is CNC1CCN(c2n[nH]c(-c3snnc3C)n2)CC1. The zero-order valence-corrected chi connectivity index (χ0v) is 11.9. The second-order valence-electron chi connectivity index (χ2n) is 4.72. The van der Waals surface area contributed by atoms with Crippen LogP contribution in [0.4, 0.5) is 5.95 Å². The van der Waals surface area contributed by atoms with Crippen molar-refractivity contribution >= 4 is 17.5 Å². The molecule has 7 nitrogen and oxygen atoms in total. The average molecular weight is 279 g/mol. The third kappa shape index (κ3) is 2.45. The van der Waals surface area contributed by atoms with Crippen molar-refractivity contribution in [1.29, 1.82) is 0 Å². The van der Waals surface area contributed by atoms with Gasteiger partial charge in [-0.25, -0.2) is 0 Å². The summed E-state index contributed by atoms with van der Waals surface area (Å²) < 4.78 is 3.92. The maximum Gasteiger partial charge on any atom is 0.245 e. The fraction of sp³-hybridized carbons (Fsp3) is 0.636. The first-order valence-corrected chi connectivity index (χ1v) is 7.19. The quantitative estimate of drug-likeness (QED) is 0.865. The predicted octanol–water partition coefficient (Wildman–Crippen LogP) is 0.820. The van der Waals surface area contributed by atoms with Gasteiger partial charge in [-0.05, 0) is 38.3 Å². The van der Waals surface area contributed by atoms with Crippen molar-refractivity contribution in [1.82, 2.24) is 30.1 Å². The molecule has 8 heteroatoms. The highest BCUT2D eigenvalue weighted by Gasteiger charge is 2.21. The second-order valence-corrected chi connectivity index (χ2v) is 5.48. The summed E-state index contributed by atoms with van der Waals surface area (Å²) in [6.07, 6.45) is 2.25. The number of rotatable bonds is 3. The van der Waals surface area contributed by atoms with Gasteiger partial charge in [-0.15, -0.1) is 10.2 Å². The van der Waals surface area contributed by atoms with Crippen LogP contribution < -0.4 is 10.2 Å². The molecule has 0 atom stereocenters. The molecule has 0 unspecified atom stereocenters. The maximum atomic E-state index is 4.56. The van der Waals surface area contributed by atoms with Crippen LogP contribution in [0.1, 0.15) is 18.5 Å². The summed E-state index contributed by atoms with van der Waals surface area (Å²) in [4.78, 5) is 7.74. The molecule has 0 amide bonds. The molecule has 0 radical (unpaired) electrons. The van der Waals surface area contributed by atoms with Gasteiger partial charge in [0.15, 0.2) is 5.82 Å². The molecule has 0 bridgehead atoms. The number of nitrogens with one attached hydrogen (secondary N) is 2. The average Bonchev–Trinajstić information content (AvgIpc) is 3.07. The van der Waals surface area contributed by atoms with Gasteiger partial charge in [-0.2, -0.15) is 4.98 Å². The number of aryl methyl sites for hydroxylation is 1. The van der Waals surface area contributed by atoms with Gasteiger partial charge >= 0.3 is 0 Å². The standard InChI is InChI=1S/C11H17N7S/c1-7-9(19-17-14-7)10-13-11(16-15-10)18-5-3-8(12-2)4-6-18/h8,12H,3-6H2,1-2H3,(H,13,15,16). The number of nitrogens with zero attached hydrogens (tertiary/aromatic N) is 5. The summed E-state index contributed by atoms with van der Waals surface area (Å²) in [6, 6.07) is 0.614. The Morgan fingerprint density at radius 2 is 2.16 bits per heavy atom. The van der Waals surface area contributed by atoms with Crippen LogP contribution in [0.3, 0.4) is 0 Å². The molecule has 2 aromatic rings. The van der Waals surface area contributed by atoms with Crippen molar-refractivity contribution in [3.05, 3.63) is 5.69 Å². The number of hydrogen-bond donors (Lipinski definition) is 2. The Morgan fingerprint density at radius 1 is 1.37 bits per heavy atom. The Kier molecular flexibility index (Phi) is 3.43. The number of aromatic nitrogens is 5. The summed E-state index contributed by atoms with van der Waals surface area (Å²) in [7, 11) is 2.02. The Labute approximate surface area is 115 Å². The van der Waals surface area contributed by atoms with Crippen molar-refractivity contribution in [2.75, 3.05) is 25.0 Å². The minimum atomic E-state index is 0.614. The lowest BCUT2D eigenvalue weighted by Crippen LogP contribution is -2.41. The molecule has 0 aromatic carbocycles. The van der Waals surface area contributed by atoms with Crippen LogP contribution in [0.15, 0.2) is 0 Å². The number of H-pyrrole nitrogens is 1. The van der Waals surface area contributed by atoms with E-state index in [0.29, 0.717) is 6.04 Å². The number of piperidine rings is 1. The van der Waals surface area contributed by atoms with E-state index in [4.69, 9.17) is 0 Å². The number of hydrogen-bond acceptors (Lipinski definition) is 7. The summed E-state index contributed by atoms with van der Waals surface area (Å²) >= 11 is 1.34. The normalized spacial score (nSPS) is 17.1. The highest BCUT2D eigenvalue weighted by Crippen LogP contribution is 2.24. The van der Waals surface area contributed by atoms with Crippen LogP contribution in [-0.4, -0.2) is 50.9 Å². The van der Waals surface area contributed by atoms with Crippen LogP contribution in [0.25, 0.3) is 10.7 Å². The molecule has 0 aliphatic carbocycles. The van der Waals surface area contributed by atoms with E-state index in [1.54, 1.807) is 0 Å². The first-order valence-electron chi connectivity index (χ1n) is 6.42. The molecular formula is C11H17N7S. The third-order valence-corrected chi connectivity index (χ3v) is 4.36. The van der Waals surface area contributed by atoms with Crippen LogP contribution >= 0.6 is 11.5 Å². The van der Waals surface area contributed by atoms with Crippen molar-refractivity contribution in [3.8, 4) is 10.7 Å². The molecule has 1 fully saturated rings. The topological polar surface area (TPSA) is 82.6 Å². The minimum absolute atomic E-state index is 0.614. The maximum absolute atomic E-state index is 4.56. The van der Waals surface area contributed by atoms with Gasteiger partial charge in [-0.3, -0.25) is 5.10 Å². The van der Waals surface area contributed by atoms with E-state index in [2.05, 4.69) is 35.0 Å². The van der Waals surface area contributed by atoms with Gasteiger partial charge in [0.2, 0.25) is 5.95 Å². The molecule has 2 N–H and O–H groups in total. The highest BCUT2D eigenvalue weighted by molar-refractivity contribution is 7.09. The summed E-state index contributed by atoms with van der Waals surface area (Å²) in [6.45, 7) is 3.91. The largest absolute Gasteiger partial charge is 0.339 e. The Balaban J connectivity index is 1.74. The van der Waals surface area contributed by atoms with Gasteiger partial charge in [-0.1, -0.05) is 4.49 Å². The fourth-order valence-electron chi connectivity index (χ4n) is 2.31. The van der Waals surface area contributed by atoms with E-state index in [1.807, 2.05) is 14.0 Å². The molecule has 1 aliphatic heterocycles. The van der Waals surface area contributed by atoms with Crippen LogP contribution in [0, 0.1) is 6.92 Å². The molecule has 0 saturated carbocycles. The van der Waals surface area contributed by atoms with Gasteiger partial charge < -0.3 is 10.2 Å². The van der Waals surface area contributed by atoms with Crippen molar-refractivity contribution < 1.29 is 0 Å². The fourth-order valence-corrected chi connectivity index (χ4v) is 2.91. The second kappa shape index (κ2) is 5.22. The number of aromatic amines is 1. The van der Waals surface area contributed by atoms with Gasteiger partial charge in [0, 0.05) is 19.1 Å². The van der Waals surface area contributed by atoms with E-state index in [9.17, 15) is 0 Å². The molecule has 0 spiro atoms. The summed E-state index contributed by atoms with van der Waals surface area (Å²) in [5.41, 5.74) is 0.890. The zero-order chi connectivity index (χ0) is 13.2. The molecule has 1 saturated heterocycles. The Hall–Kier alpha value is -1.54. The lowest BCUT2D eigenvalue weighted by atomic mass is 10.1.